The molecule has 0 unspecified atom stereocenters. The lowest BCUT2D eigenvalue weighted by molar-refractivity contribution is -0.143. The van der Waals surface area contributed by atoms with Gasteiger partial charge in [-0.3, -0.25) is 4.79 Å². The number of benzene rings is 2. The van der Waals surface area contributed by atoms with Gasteiger partial charge in [0.25, 0.3) is 0 Å². The monoisotopic (exact) mass is 521 g/mol. The number of aliphatic hydroxyl groups excluding tert-OH is 1. The van der Waals surface area contributed by atoms with Crippen molar-refractivity contribution in [1.82, 2.24) is 10.2 Å². The zero-order valence-electron chi connectivity index (χ0n) is 19.7. The summed E-state index contributed by atoms with van der Waals surface area (Å²) < 4.78 is 31.0. The van der Waals surface area contributed by atoms with E-state index in [-0.39, 0.29) is 45.6 Å². The molecule has 2 aliphatic rings. The molecule has 0 saturated carbocycles. The Morgan fingerprint density at radius 1 is 1.26 bits per heavy atom. The molecule has 2 heterocycles. The number of rotatable bonds is 4. The van der Waals surface area contributed by atoms with Crippen molar-refractivity contribution in [3.8, 4) is 6.07 Å². The number of carbonyl (C=O) groups is 1. The quantitative estimate of drug-likeness (QED) is 0.605. The molecule has 2 aliphatic heterocycles. The van der Waals surface area contributed by atoms with Gasteiger partial charge in [-0.2, -0.15) is 5.26 Å². The Morgan fingerprint density at radius 3 is 2.51 bits per heavy atom. The van der Waals surface area contributed by atoms with Crippen LogP contribution in [0.1, 0.15) is 44.2 Å². The normalized spacial score (nSPS) is 26.9. The number of carbonyl (C=O) groups excluding carboxylic acids is 1. The lowest BCUT2D eigenvalue weighted by Crippen LogP contribution is -2.59. The van der Waals surface area contributed by atoms with Crippen molar-refractivity contribution in [2.24, 2.45) is 5.41 Å². The van der Waals surface area contributed by atoms with Crippen LogP contribution in [0, 0.1) is 28.4 Å². The highest BCUT2D eigenvalue weighted by Gasteiger charge is 2.62. The third-order valence-electron chi connectivity index (χ3n) is 6.89. The van der Waals surface area contributed by atoms with Crippen molar-refractivity contribution >= 4 is 29.1 Å². The van der Waals surface area contributed by atoms with E-state index in [0.717, 1.165) is 6.07 Å². The van der Waals surface area contributed by atoms with Gasteiger partial charge in [0.15, 0.2) is 0 Å². The molecule has 2 aromatic carbocycles. The van der Waals surface area contributed by atoms with E-state index in [1.807, 2.05) is 20.8 Å². The molecule has 4 atom stereocenters. The SMILES string of the molecule is CC(C)(C)C[C@@H]1N[C@@H](C(=O)N2CC(O)C2)[C@H](c2cccc(Cl)c2F)[C@@]1(C#N)c1ccc(Cl)cc1F. The first-order chi connectivity index (χ1) is 16.4. The number of hydrogen-bond donors (Lipinski definition) is 2. The number of likely N-dealkylation sites (tertiary alicyclic amines) is 1. The molecule has 2 saturated heterocycles. The van der Waals surface area contributed by atoms with Crippen LogP contribution in [0.25, 0.3) is 0 Å². The van der Waals surface area contributed by atoms with Gasteiger partial charge in [-0.15, -0.1) is 0 Å². The maximum atomic E-state index is 15.5. The molecule has 2 aromatic rings. The average molecular weight is 522 g/mol. The molecule has 4 rings (SSSR count). The fraction of sp³-hybridized carbons (Fsp3) is 0.462. The summed E-state index contributed by atoms with van der Waals surface area (Å²) in [6.07, 6.45) is -0.241. The largest absolute Gasteiger partial charge is 0.389 e. The zero-order valence-corrected chi connectivity index (χ0v) is 21.2. The molecule has 35 heavy (non-hydrogen) atoms. The highest BCUT2D eigenvalue weighted by Crippen LogP contribution is 2.53. The van der Waals surface area contributed by atoms with Gasteiger partial charge in [0.05, 0.1) is 23.2 Å². The minimum Gasteiger partial charge on any atom is -0.389 e. The first-order valence-electron chi connectivity index (χ1n) is 11.4. The molecule has 0 bridgehead atoms. The molecule has 0 aromatic heterocycles. The van der Waals surface area contributed by atoms with Crippen LogP contribution in [-0.2, 0) is 10.2 Å². The highest BCUT2D eigenvalue weighted by molar-refractivity contribution is 6.31. The Morgan fingerprint density at radius 2 is 1.94 bits per heavy atom. The number of nitrogens with zero attached hydrogens (tertiary/aromatic N) is 2. The average Bonchev–Trinajstić information content (AvgIpc) is 3.06. The van der Waals surface area contributed by atoms with Crippen LogP contribution in [0.5, 0.6) is 0 Å². The minimum atomic E-state index is -1.66. The maximum Gasteiger partial charge on any atom is 0.240 e. The standard InChI is InChI=1S/C26H27Cl2F2N3O2/c1-25(2,3)10-20-26(13-31,17-8-7-14(27)9-19(17)29)21(16-5-4-6-18(28)22(16)30)23(32-20)24(35)33-11-15(34)12-33/h4-9,15,20-21,23,32,34H,10-12H2,1-3H3/t20-,21-,23+,26-/m0/s1. The van der Waals surface area contributed by atoms with Gasteiger partial charge in [0.1, 0.15) is 17.0 Å². The number of halogens is 4. The van der Waals surface area contributed by atoms with Crippen LogP contribution in [-0.4, -0.2) is 47.2 Å². The van der Waals surface area contributed by atoms with E-state index in [2.05, 4.69) is 11.4 Å². The summed E-state index contributed by atoms with van der Waals surface area (Å²) in [7, 11) is 0. The van der Waals surface area contributed by atoms with E-state index in [9.17, 15) is 15.2 Å². The number of nitriles is 1. The first-order valence-corrected chi connectivity index (χ1v) is 12.2. The van der Waals surface area contributed by atoms with E-state index in [0.29, 0.717) is 6.42 Å². The van der Waals surface area contributed by atoms with Gasteiger partial charge in [0, 0.05) is 35.6 Å². The Bertz CT molecular complexity index is 1190. The number of nitrogens with one attached hydrogen (secondary N) is 1. The van der Waals surface area contributed by atoms with E-state index in [1.165, 1.54) is 29.2 Å². The Hall–Kier alpha value is -2.24. The number of hydrogen-bond acceptors (Lipinski definition) is 4. The van der Waals surface area contributed by atoms with Crippen molar-refractivity contribution in [3.05, 3.63) is 69.2 Å². The van der Waals surface area contributed by atoms with Crippen molar-refractivity contribution < 1.29 is 18.7 Å². The van der Waals surface area contributed by atoms with Gasteiger partial charge < -0.3 is 15.3 Å². The fourth-order valence-corrected chi connectivity index (χ4v) is 5.72. The summed E-state index contributed by atoms with van der Waals surface area (Å²) >= 11 is 12.1. The molecule has 186 valence electrons. The minimum absolute atomic E-state index is 0.0365. The molecular weight excluding hydrogens is 495 g/mol. The lowest BCUT2D eigenvalue weighted by Gasteiger charge is -2.40. The lowest BCUT2D eigenvalue weighted by atomic mass is 9.62. The zero-order chi connectivity index (χ0) is 25.7. The Labute approximate surface area is 213 Å². The highest BCUT2D eigenvalue weighted by atomic mass is 35.5. The molecule has 2 N–H and O–H groups in total. The predicted octanol–water partition coefficient (Wildman–Crippen LogP) is 4.80. The van der Waals surface area contributed by atoms with Crippen molar-refractivity contribution in [1.29, 1.82) is 5.26 Å². The smallest absolute Gasteiger partial charge is 0.240 e. The third kappa shape index (κ3) is 4.53. The Balaban J connectivity index is 1.99. The van der Waals surface area contributed by atoms with Gasteiger partial charge in [-0.1, -0.05) is 62.2 Å². The van der Waals surface area contributed by atoms with Crippen molar-refractivity contribution in [3.63, 3.8) is 0 Å². The number of amides is 1. The second-order valence-electron chi connectivity index (χ2n) is 10.6. The summed E-state index contributed by atoms with van der Waals surface area (Å²) in [5.41, 5.74) is -1.88. The summed E-state index contributed by atoms with van der Waals surface area (Å²) in [4.78, 5) is 15.1. The van der Waals surface area contributed by atoms with Crippen LogP contribution >= 0.6 is 23.2 Å². The molecule has 9 heteroatoms. The maximum absolute atomic E-state index is 15.5. The molecule has 1 amide bonds. The van der Waals surface area contributed by atoms with Crippen LogP contribution in [0.3, 0.4) is 0 Å². The third-order valence-corrected chi connectivity index (χ3v) is 7.42. The van der Waals surface area contributed by atoms with E-state index >= 15 is 8.78 Å². The summed E-state index contributed by atoms with van der Waals surface area (Å²) in [5, 5.41) is 23.8. The molecule has 0 radical (unpaired) electrons. The van der Waals surface area contributed by atoms with Gasteiger partial charge in [0.2, 0.25) is 5.91 Å². The molecule has 5 nitrogen and oxygen atoms in total. The van der Waals surface area contributed by atoms with Crippen LogP contribution in [0.15, 0.2) is 36.4 Å². The van der Waals surface area contributed by atoms with Crippen molar-refractivity contribution in [2.75, 3.05) is 13.1 Å². The van der Waals surface area contributed by atoms with E-state index < -0.39 is 41.2 Å². The van der Waals surface area contributed by atoms with Gasteiger partial charge in [-0.05, 0) is 35.6 Å². The van der Waals surface area contributed by atoms with Gasteiger partial charge in [-0.25, -0.2) is 8.78 Å². The van der Waals surface area contributed by atoms with Crippen LogP contribution in [0.2, 0.25) is 10.0 Å². The predicted molar refractivity (Wildman–Crippen MR) is 130 cm³/mol. The number of aliphatic hydroxyl groups is 1. The molecule has 0 spiro atoms. The number of β-amino-alcohol motifs (C(OH)–C–C–N with tert-alkyl or cyclic N) is 1. The van der Waals surface area contributed by atoms with Crippen LogP contribution in [0.4, 0.5) is 8.78 Å². The first kappa shape index (κ1) is 25.8. The topological polar surface area (TPSA) is 76.4 Å². The molecular formula is C26H27Cl2F2N3O2. The second-order valence-corrected chi connectivity index (χ2v) is 11.4. The van der Waals surface area contributed by atoms with Crippen molar-refractivity contribution in [2.45, 2.75) is 56.7 Å². The summed E-state index contributed by atoms with van der Waals surface area (Å²) in [6, 6.07) is 9.03. The Kier molecular flexibility index (Phi) is 6.89. The van der Waals surface area contributed by atoms with Crippen LogP contribution < -0.4 is 5.32 Å². The molecule has 2 fully saturated rings. The fourth-order valence-electron chi connectivity index (χ4n) is 5.38. The summed E-state index contributed by atoms with van der Waals surface area (Å²) in [5.74, 6) is -2.95. The van der Waals surface area contributed by atoms with E-state index in [4.69, 9.17) is 23.2 Å². The van der Waals surface area contributed by atoms with Gasteiger partial charge >= 0.3 is 0 Å². The molecule has 0 aliphatic carbocycles. The summed E-state index contributed by atoms with van der Waals surface area (Å²) in [6.45, 7) is 6.21. The van der Waals surface area contributed by atoms with E-state index in [1.54, 1.807) is 6.07 Å². The second kappa shape index (κ2) is 9.33.